The number of hydrogen-bond donors (Lipinski definition) is 2. The van der Waals surface area contributed by atoms with Crippen LogP contribution >= 0.6 is 11.9 Å². The molecule has 0 bridgehead atoms. The Bertz CT molecular complexity index is 108. The molecule has 38 valence electrons. The highest BCUT2D eigenvalue weighted by atomic mass is 32.2. The van der Waals surface area contributed by atoms with Crippen LogP contribution in [-0.2, 0) is 0 Å². The van der Waals surface area contributed by atoms with E-state index in [9.17, 15) is 0 Å². The van der Waals surface area contributed by atoms with E-state index in [1.54, 1.807) is 6.08 Å². The van der Waals surface area contributed by atoms with Gasteiger partial charge in [0.05, 0.1) is 5.70 Å². The van der Waals surface area contributed by atoms with Crippen molar-refractivity contribution in [2.45, 2.75) is 0 Å². The molecule has 0 fully saturated rings. The molecule has 1 heterocycles. The smallest absolute Gasteiger partial charge is 0.0567 e. The molecule has 2 nitrogen and oxygen atoms in total. The second-order valence-corrected chi connectivity index (χ2v) is 1.80. The zero-order chi connectivity index (χ0) is 5.11. The van der Waals surface area contributed by atoms with E-state index in [0.717, 1.165) is 5.70 Å². The van der Waals surface area contributed by atoms with Gasteiger partial charge in [0, 0.05) is 5.41 Å². The molecule has 1 rings (SSSR count). The zero-order valence-electron chi connectivity index (χ0n) is 3.77. The third-order valence-electron chi connectivity index (χ3n) is 0.660. The molecular formula is C4H6N2S. The Morgan fingerprint density at radius 2 is 2.71 bits per heavy atom. The highest BCUT2D eigenvalue weighted by Gasteiger charge is 1.94. The maximum atomic E-state index is 3.56. The fourth-order valence-electron chi connectivity index (χ4n) is 0.310. The zero-order valence-corrected chi connectivity index (χ0v) is 4.59. The van der Waals surface area contributed by atoms with Crippen LogP contribution in [-0.4, -0.2) is 0 Å². The second-order valence-electron chi connectivity index (χ2n) is 1.12. The SMILES string of the molecule is C=CC1=CSNN1. The molecule has 1 aliphatic heterocycles. The average Bonchev–Trinajstić information content (AvgIpc) is 2.14. The Hall–Kier alpha value is -0.410. The minimum absolute atomic E-state index is 1.03. The van der Waals surface area contributed by atoms with Crippen molar-refractivity contribution in [3.63, 3.8) is 0 Å². The topological polar surface area (TPSA) is 24.1 Å². The van der Waals surface area contributed by atoms with E-state index in [1.807, 2.05) is 5.41 Å². The molecule has 1 aliphatic rings. The fraction of sp³-hybridized carbons (Fsp3) is 0. The molecule has 2 N–H and O–H groups in total. The maximum absolute atomic E-state index is 3.56. The third kappa shape index (κ3) is 0.976. The molecule has 0 saturated heterocycles. The highest BCUT2D eigenvalue weighted by molar-refractivity contribution is 8.00. The molecular weight excluding hydrogens is 108 g/mol. The van der Waals surface area contributed by atoms with Gasteiger partial charge >= 0.3 is 0 Å². The number of rotatable bonds is 1. The van der Waals surface area contributed by atoms with Crippen molar-refractivity contribution in [3.8, 4) is 0 Å². The standard InChI is InChI=1S/C4H6N2S/c1-2-4-3-7-6-5-4/h2-3,5-6H,1H2. The van der Waals surface area contributed by atoms with Crippen LogP contribution in [0.3, 0.4) is 0 Å². The Morgan fingerprint density at radius 1 is 1.86 bits per heavy atom. The molecule has 0 aromatic carbocycles. The van der Waals surface area contributed by atoms with E-state index in [1.165, 1.54) is 11.9 Å². The van der Waals surface area contributed by atoms with E-state index in [2.05, 4.69) is 16.8 Å². The first-order valence-electron chi connectivity index (χ1n) is 1.93. The van der Waals surface area contributed by atoms with E-state index >= 15 is 0 Å². The van der Waals surface area contributed by atoms with E-state index in [4.69, 9.17) is 0 Å². The summed E-state index contributed by atoms with van der Waals surface area (Å²) in [5.74, 6) is 0. The van der Waals surface area contributed by atoms with Crippen LogP contribution in [0.15, 0.2) is 23.8 Å². The Labute approximate surface area is 46.8 Å². The molecule has 0 unspecified atom stereocenters. The van der Waals surface area contributed by atoms with Crippen molar-refractivity contribution in [2.24, 2.45) is 0 Å². The first kappa shape index (κ1) is 4.74. The van der Waals surface area contributed by atoms with E-state index in [-0.39, 0.29) is 0 Å². The van der Waals surface area contributed by atoms with Gasteiger partial charge in [-0.05, 0) is 18.0 Å². The van der Waals surface area contributed by atoms with E-state index < -0.39 is 0 Å². The summed E-state index contributed by atoms with van der Waals surface area (Å²) in [4.78, 5) is 2.83. The van der Waals surface area contributed by atoms with E-state index in [0.29, 0.717) is 0 Å². The van der Waals surface area contributed by atoms with Crippen molar-refractivity contribution in [1.29, 1.82) is 0 Å². The summed E-state index contributed by atoms with van der Waals surface area (Å²) in [7, 11) is 0. The summed E-state index contributed by atoms with van der Waals surface area (Å²) in [6.45, 7) is 3.56. The van der Waals surface area contributed by atoms with Gasteiger partial charge in [0.15, 0.2) is 0 Å². The van der Waals surface area contributed by atoms with Gasteiger partial charge in [0.2, 0.25) is 0 Å². The molecule has 0 aromatic rings. The molecule has 0 amide bonds. The first-order chi connectivity index (χ1) is 3.43. The van der Waals surface area contributed by atoms with Crippen LogP contribution in [0.2, 0.25) is 0 Å². The Balaban J connectivity index is 2.51. The van der Waals surface area contributed by atoms with Crippen LogP contribution in [0.25, 0.3) is 0 Å². The van der Waals surface area contributed by atoms with Crippen molar-refractivity contribution in [2.75, 3.05) is 0 Å². The van der Waals surface area contributed by atoms with Crippen LogP contribution in [0.4, 0.5) is 0 Å². The van der Waals surface area contributed by atoms with Crippen molar-refractivity contribution < 1.29 is 0 Å². The predicted octanol–water partition coefficient (Wildman–Crippen LogP) is 0.770. The number of hydrogen-bond acceptors (Lipinski definition) is 3. The minimum Gasteiger partial charge on any atom is -0.311 e. The molecule has 0 spiro atoms. The van der Waals surface area contributed by atoms with Crippen LogP contribution < -0.4 is 10.3 Å². The van der Waals surface area contributed by atoms with Gasteiger partial charge in [-0.3, -0.25) is 0 Å². The summed E-state index contributed by atoms with van der Waals surface area (Å²) in [6, 6.07) is 0. The Kier molecular flexibility index (Phi) is 1.38. The van der Waals surface area contributed by atoms with Crippen molar-refractivity contribution in [3.05, 3.63) is 23.8 Å². The van der Waals surface area contributed by atoms with Crippen LogP contribution in [0, 0.1) is 0 Å². The molecule has 0 atom stereocenters. The van der Waals surface area contributed by atoms with Gasteiger partial charge in [-0.2, -0.15) is 4.83 Å². The van der Waals surface area contributed by atoms with Gasteiger partial charge in [0.1, 0.15) is 0 Å². The normalized spacial score (nSPS) is 18.0. The molecule has 0 aliphatic carbocycles. The largest absolute Gasteiger partial charge is 0.311 e. The molecule has 3 heteroatoms. The summed E-state index contributed by atoms with van der Waals surface area (Å²) in [5, 5.41) is 1.95. The number of nitrogens with one attached hydrogen (secondary N) is 2. The summed E-state index contributed by atoms with van der Waals surface area (Å²) in [6.07, 6.45) is 1.76. The van der Waals surface area contributed by atoms with Gasteiger partial charge in [-0.25, -0.2) is 0 Å². The van der Waals surface area contributed by atoms with Gasteiger partial charge in [-0.1, -0.05) is 6.58 Å². The second kappa shape index (κ2) is 2.04. The van der Waals surface area contributed by atoms with Gasteiger partial charge in [0.25, 0.3) is 0 Å². The number of hydrazine groups is 1. The Morgan fingerprint density at radius 3 is 3.00 bits per heavy atom. The minimum atomic E-state index is 1.03. The molecule has 0 saturated carbocycles. The van der Waals surface area contributed by atoms with Crippen LogP contribution in [0.5, 0.6) is 0 Å². The first-order valence-corrected chi connectivity index (χ1v) is 2.81. The monoisotopic (exact) mass is 114 g/mol. The quantitative estimate of drug-likeness (QED) is 0.492. The van der Waals surface area contributed by atoms with Crippen molar-refractivity contribution in [1.82, 2.24) is 10.3 Å². The maximum Gasteiger partial charge on any atom is 0.0567 e. The lowest BCUT2D eigenvalue weighted by atomic mass is 10.5. The predicted molar refractivity (Wildman–Crippen MR) is 32.1 cm³/mol. The van der Waals surface area contributed by atoms with Gasteiger partial charge in [-0.15, -0.1) is 0 Å². The summed E-state index contributed by atoms with van der Waals surface area (Å²) < 4.78 is 0. The summed E-state index contributed by atoms with van der Waals surface area (Å²) in [5.41, 5.74) is 3.89. The molecule has 0 radical (unpaired) electrons. The van der Waals surface area contributed by atoms with Gasteiger partial charge < -0.3 is 5.43 Å². The van der Waals surface area contributed by atoms with Crippen LogP contribution in [0.1, 0.15) is 0 Å². The summed E-state index contributed by atoms with van der Waals surface area (Å²) >= 11 is 1.51. The average molecular weight is 114 g/mol. The molecule has 0 aromatic heterocycles. The number of allylic oxidation sites excluding steroid dienone is 1. The molecule has 7 heavy (non-hydrogen) atoms. The third-order valence-corrected chi connectivity index (χ3v) is 1.25. The fourth-order valence-corrected chi connectivity index (χ4v) is 0.828. The van der Waals surface area contributed by atoms with Crippen molar-refractivity contribution >= 4 is 11.9 Å². The lowest BCUT2D eigenvalue weighted by molar-refractivity contribution is 0.857. The lowest BCUT2D eigenvalue weighted by Gasteiger charge is -1.91. The highest BCUT2D eigenvalue weighted by Crippen LogP contribution is 2.05. The lowest BCUT2D eigenvalue weighted by Crippen LogP contribution is -2.16.